The number of H-pyrrole nitrogens is 1. The molecule has 4 nitrogen and oxygen atoms in total. The van der Waals surface area contributed by atoms with Crippen LogP contribution in [0.15, 0.2) is 79.0 Å². The fraction of sp³-hybridized carbons (Fsp3) is 0.0769. The summed E-state index contributed by atoms with van der Waals surface area (Å²) in [6.07, 6.45) is 2.67. The van der Waals surface area contributed by atoms with Crippen LogP contribution in [0.25, 0.3) is 39.1 Å². The van der Waals surface area contributed by atoms with Crippen LogP contribution in [0.2, 0.25) is 0 Å². The summed E-state index contributed by atoms with van der Waals surface area (Å²) in [5.41, 5.74) is 8.59. The highest BCUT2D eigenvalue weighted by Gasteiger charge is 2.22. The van der Waals surface area contributed by atoms with Crippen molar-refractivity contribution in [2.24, 2.45) is 0 Å². The van der Waals surface area contributed by atoms with Crippen molar-refractivity contribution in [3.8, 4) is 28.2 Å². The summed E-state index contributed by atoms with van der Waals surface area (Å²) in [6.45, 7) is 4.22. The van der Waals surface area contributed by atoms with Gasteiger partial charge in [0.05, 0.1) is 16.9 Å². The van der Waals surface area contributed by atoms with Crippen LogP contribution < -0.4 is 0 Å². The monoisotopic (exact) mass is 391 g/mol. The van der Waals surface area contributed by atoms with Crippen molar-refractivity contribution in [1.29, 1.82) is 0 Å². The van der Waals surface area contributed by atoms with E-state index in [9.17, 15) is 4.79 Å². The van der Waals surface area contributed by atoms with Crippen molar-refractivity contribution in [2.45, 2.75) is 13.8 Å². The molecule has 0 aliphatic rings. The Balaban J connectivity index is 1.84. The van der Waals surface area contributed by atoms with Gasteiger partial charge in [-0.2, -0.15) is 5.10 Å². The van der Waals surface area contributed by atoms with Crippen molar-refractivity contribution in [3.63, 3.8) is 0 Å². The highest BCUT2D eigenvalue weighted by atomic mass is 16.1. The Morgan fingerprint density at radius 3 is 2.23 bits per heavy atom. The zero-order valence-electron chi connectivity index (χ0n) is 16.9. The molecular formula is C26H21N3O. The van der Waals surface area contributed by atoms with Gasteiger partial charge in [-0.3, -0.25) is 4.79 Å². The topological polar surface area (TPSA) is 50.7 Å². The van der Waals surface area contributed by atoms with E-state index in [0.29, 0.717) is 11.3 Å². The molecule has 4 heteroatoms. The fourth-order valence-electron chi connectivity index (χ4n) is 4.06. The minimum atomic E-state index is 0.554. The molecule has 0 unspecified atom stereocenters. The van der Waals surface area contributed by atoms with E-state index in [1.165, 1.54) is 10.9 Å². The van der Waals surface area contributed by atoms with Crippen molar-refractivity contribution in [3.05, 3.63) is 95.7 Å². The van der Waals surface area contributed by atoms with E-state index in [1.54, 1.807) is 10.9 Å². The van der Waals surface area contributed by atoms with Gasteiger partial charge in [0, 0.05) is 22.7 Å². The van der Waals surface area contributed by atoms with Gasteiger partial charge in [-0.15, -0.1) is 0 Å². The molecular weight excluding hydrogens is 370 g/mol. The Kier molecular flexibility index (Phi) is 4.32. The second kappa shape index (κ2) is 7.16. The summed E-state index contributed by atoms with van der Waals surface area (Å²) in [5.74, 6) is 0. The normalized spacial score (nSPS) is 11.1. The SMILES string of the molecule is Cc1ccc(C)c2c(-c3ccccc3)c(-c3nn(-c4ccccc4)cc3C=O)[nH]c12. The van der Waals surface area contributed by atoms with Crippen molar-refractivity contribution < 1.29 is 4.79 Å². The van der Waals surface area contributed by atoms with Gasteiger partial charge in [-0.25, -0.2) is 4.68 Å². The summed E-state index contributed by atoms with van der Waals surface area (Å²) in [6, 6.07) is 24.4. The minimum absolute atomic E-state index is 0.554. The number of aromatic amines is 1. The van der Waals surface area contributed by atoms with Crippen LogP contribution in [-0.4, -0.2) is 21.1 Å². The average molecular weight is 391 g/mol. The van der Waals surface area contributed by atoms with Crippen LogP contribution in [0, 0.1) is 13.8 Å². The van der Waals surface area contributed by atoms with Crippen LogP contribution in [0.1, 0.15) is 21.5 Å². The number of carbonyl (C=O) groups is 1. The number of hydrogen-bond acceptors (Lipinski definition) is 2. The molecule has 0 aliphatic heterocycles. The Bertz CT molecular complexity index is 1360. The molecule has 3 aromatic carbocycles. The number of aromatic nitrogens is 3. The highest BCUT2D eigenvalue weighted by Crippen LogP contribution is 2.41. The second-order valence-electron chi connectivity index (χ2n) is 7.52. The van der Waals surface area contributed by atoms with Crippen molar-refractivity contribution in [2.75, 3.05) is 0 Å². The van der Waals surface area contributed by atoms with Crippen molar-refractivity contribution in [1.82, 2.24) is 14.8 Å². The first kappa shape index (κ1) is 18.1. The van der Waals surface area contributed by atoms with Gasteiger partial charge < -0.3 is 4.98 Å². The zero-order chi connectivity index (χ0) is 20.7. The number of benzene rings is 3. The lowest BCUT2D eigenvalue weighted by Crippen LogP contribution is -1.94. The quantitative estimate of drug-likeness (QED) is 0.375. The summed E-state index contributed by atoms with van der Waals surface area (Å²) in [5, 5.41) is 5.99. The molecule has 0 amide bonds. The molecule has 0 aliphatic carbocycles. The van der Waals surface area contributed by atoms with E-state index < -0.39 is 0 Å². The molecule has 0 radical (unpaired) electrons. The van der Waals surface area contributed by atoms with E-state index >= 15 is 0 Å². The van der Waals surface area contributed by atoms with Gasteiger partial charge in [0.25, 0.3) is 0 Å². The summed E-state index contributed by atoms with van der Waals surface area (Å²) in [4.78, 5) is 15.6. The third kappa shape index (κ3) is 2.85. The number of hydrogen-bond donors (Lipinski definition) is 1. The lowest BCUT2D eigenvalue weighted by Gasteiger charge is -2.06. The molecule has 5 aromatic rings. The predicted octanol–water partition coefficient (Wildman–Crippen LogP) is 6.12. The van der Waals surface area contributed by atoms with E-state index in [-0.39, 0.29) is 0 Å². The second-order valence-corrected chi connectivity index (χ2v) is 7.52. The molecule has 2 aromatic heterocycles. The van der Waals surface area contributed by atoms with Gasteiger partial charge in [-0.1, -0.05) is 60.7 Å². The number of aldehydes is 1. The molecule has 2 heterocycles. The maximum absolute atomic E-state index is 12.0. The summed E-state index contributed by atoms with van der Waals surface area (Å²) >= 11 is 0. The van der Waals surface area contributed by atoms with Crippen LogP contribution in [0.5, 0.6) is 0 Å². The first-order chi connectivity index (χ1) is 14.7. The maximum Gasteiger partial charge on any atom is 0.153 e. The van der Waals surface area contributed by atoms with Gasteiger partial charge in [0.15, 0.2) is 6.29 Å². The smallest absolute Gasteiger partial charge is 0.153 e. The maximum atomic E-state index is 12.0. The Morgan fingerprint density at radius 1 is 0.867 bits per heavy atom. The lowest BCUT2D eigenvalue weighted by molar-refractivity contribution is 0.112. The number of para-hydroxylation sites is 1. The number of fused-ring (bicyclic) bond motifs is 1. The van der Waals surface area contributed by atoms with E-state index in [4.69, 9.17) is 5.10 Å². The summed E-state index contributed by atoms with van der Waals surface area (Å²) in [7, 11) is 0. The number of rotatable bonds is 4. The van der Waals surface area contributed by atoms with Crippen LogP contribution in [-0.2, 0) is 0 Å². The standard InChI is InChI=1S/C26H21N3O/c1-17-13-14-18(2)24-22(17)23(19-9-5-3-6-10-19)26(27-24)25-20(16-30)15-29(28-25)21-11-7-4-8-12-21/h3-16,27H,1-2H3. The molecule has 0 bridgehead atoms. The third-order valence-corrected chi connectivity index (χ3v) is 5.56. The molecule has 0 atom stereocenters. The highest BCUT2D eigenvalue weighted by molar-refractivity contribution is 6.07. The average Bonchev–Trinajstić information content (AvgIpc) is 3.40. The molecule has 5 rings (SSSR count). The third-order valence-electron chi connectivity index (χ3n) is 5.56. The lowest BCUT2D eigenvalue weighted by atomic mass is 9.96. The van der Waals surface area contributed by atoms with Crippen LogP contribution in [0.3, 0.4) is 0 Å². The first-order valence-electron chi connectivity index (χ1n) is 9.95. The molecule has 0 spiro atoms. The minimum Gasteiger partial charge on any atom is -0.352 e. The van der Waals surface area contributed by atoms with Gasteiger partial charge in [0.2, 0.25) is 0 Å². The molecule has 0 saturated heterocycles. The van der Waals surface area contributed by atoms with Crippen LogP contribution >= 0.6 is 0 Å². The zero-order valence-corrected chi connectivity index (χ0v) is 16.9. The van der Waals surface area contributed by atoms with E-state index in [2.05, 4.69) is 43.1 Å². The Labute approximate surface area is 174 Å². The molecule has 146 valence electrons. The number of aryl methyl sites for hydroxylation is 2. The molecule has 30 heavy (non-hydrogen) atoms. The molecule has 0 fully saturated rings. The number of nitrogens with one attached hydrogen (secondary N) is 1. The Hall–Kier alpha value is -3.92. The fourth-order valence-corrected chi connectivity index (χ4v) is 4.06. The van der Waals surface area contributed by atoms with Crippen molar-refractivity contribution >= 4 is 17.2 Å². The Morgan fingerprint density at radius 2 is 1.53 bits per heavy atom. The summed E-state index contributed by atoms with van der Waals surface area (Å²) < 4.78 is 1.76. The van der Waals surface area contributed by atoms with E-state index in [1.807, 2.05) is 48.5 Å². The number of carbonyl (C=O) groups excluding carboxylic acids is 1. The van der Waals surface area contributed by atoms with Gasteiger partial charge >= 0.3 is 0 Å². The largest absolute Gasteiger partial charge is 0.352 e. The molecule has 0 saturated carbocycles. The van der Waals surface area contributed by atoms with E-state index in [0.717, 1.165) is 39.9 Å². The predicted molar refractivity (Wildman–Crippen MR) is 121 cm³/mol. The first-order valence-corrected chi connectivity index (χ1v) is 9.95. The number of nitrogens with zero attached hydrogens (tertiary/aromatic N) is 2. The van der Waals surface area contributed by atoms with Gasteiger partial charge in [-0.05, 0) is 42.7 Å². The van der Waals surface area contributed by atoms with Gasteiger partial charge in [0.1, 0.15) is 5.69 Å². The van der Waals surface area contributed by atoms with Crippen LogP contribution in [0.4, 0.5) is 0 Å². The molecule has 1 N–H and O–H groups in total.